The maximum absolute atomic E-state index is 12.6. The predicted molar refractivity (Wildman–Crippen MR) is 83.0 cm³/mol. The lowest BCUT2D eigenvalue weighted by atomic mass is 9.67. The lowest BCUT2D eigenvalue weighted by Crippen LogP contribution is -2.30. The zero-order valence-corrected chi connectivity index (χ0v) is 12.8. The molecule has 0 amide bonds. The number of hydrogen-bond acceptors (Lipinski definition) is 2. The van der Waals surface area contributed by atoms with Crippen LogP contribution in [0.2, 0.25) is 0 Å². The summed E-state index contributed by atoms with van der Waals surface area (Å²) in [6.07, 6.45) is 5.49. The van der Waals surface area contributed by atoms with Gasteiger partial charge in [0.1, 0.15) is 5.75 Å². The van der Waals surface area contributed by atoms with Crippen LogP contribution in [0, 0.1) is 17.3 Å². The first kappa shape index (κ1) is 13.1. The van der Waals surface area contributed by atoms with Crippen LogP contribution in [0.5, 0.6) is 5.75 Å². The predicted octanol–water partition coefficient (Wildman–Crippen LogP) is 4.12. The molecule has 1 spiro atoms. The van der Waals surface area contributed by atoms with E-state index in [-0.39, 0.29) is 11.3 Å². The lowest BCUT2D eigenvalue weighted by molar-refractivity contribution is -0.119. The number of phenols is 1. The smallest absolute Gasteiger partial charge is 0.162 e. The molecule has 3 aliphatic rings. The van der Waals surface area contributed by atoms with Crippen LogP contribution in [-0.4, -0.2) is 10.9 Å². The van der Waals surface area contributed by atoms with Crippen LogP contribution in [0.15, 0.2) is 23.8 Å². The van der Waals surface area contributed by atoms with E-state index < -0.39 is 0 Å². The number of hydrogen-bond donors (Lipinski definition) is 1. The monoisotopic (exact) mass is 282 g/mol. The molecule has 1 fully saturated rings. The summed E-state index contributed by atoms with van der Waals surface area (Å²) in [7, 11) is 0. The van der Waals surface area contributed by atoms with Crippen molar-refractivity contribution in [2.45, 2.75) is 46.0 Å². The number of ketones is 1. The normalized spacial score (nSPS) is 33.3. The molecule has 3 atom stereocenters. The van der Waals surface area contributed by atoms with Crippen molar-refractivity contribution in [2.24, 2.45) is 17.3 Å². The van der Waals surface area contributed by atoms with Gasteiger partial charge >= 0.3 is 0 Å². The molecule has 3 aliphatic carbocycles. The summed E-state index contributed by atoms with van der Waals surface area (Å²) < 4.78 is 0. The third kappa shape index (κ3) is 1.56. The van der Waals surface area contributed by atoms with E-state index in [9.17, 15) is 9.90 Å². The van der Waals surface area contributed by atoms with E-state index >= 15 is 0 Å². The molecule has 0 aliphatic heterocycles. The number of carbonyl (C=O) groups is 1. The number of allylic oxidation sites excluding steroid dienone is 2. The SMILES string of the molecule is CCCC1C[C@H]2C[C@@]13Cc1cc(O)ccc1C3=C(C)C2=O. The molecule has 0 radical (unpaired) electrons. The van der Waals surface area contributed by atoms with Crippen LogP contribution in [0.1, 0.15) is 50.7 Å². The number of benzene rings is 1. The fourth-order valence-corrected chi connectivity index (χ4v) is 5.40. The zero-order valence-electron chi connectivity index (χ0n) is 12.8. The van der Waals surface area contributed by atoms with E-state index in [1.165, 1.54) is 29.5 Å². The zero-order chi connectivity index (χ0) is 14.8. The van der Waals surface area contributed by atoms with Gasteiger partial charge in [-0.25, -0.2) is 0 Å². The minimum Gasteiger partial charge on any atom is -0.508 e. The van der Waals surface area contributed by atoms with Gasteiger partial charge in [0.15, 0.2) is 5.78 Å². The molecule has 4 rings (SSSR count). The van der Waals surface area contributed by atoms with E-state index in [0.717, 1.165) is 24.8 Å². The van der Waals surface area contributed by atoms with Gasteiger partial charge in [-0.15, -0.1) is 0 Å². The highest BCUT2D eigenvalue weighted by molar-refractivity contribution is 6.08. The summed E-state index contributed by atoms with van der Waals surface area (Å²) in [5, 5.41) is 9.80. The number of Topliss-reactive ketones (excluding diaryl/α,β-unsaturated/α-hetero) is 1. The maximum atomic E-state index is 12.6. The van der Waals surface area contributed by atoms with E-state index in [1.54, 1.807) is 6.07 Å². The van der Waals surface area contributed by atoms with Gasteiger partial charge in [-0.3, -0.25) is 4.79 Å². The van der Waals surface area contributed by atoms with Crippen molar-refractivity contribution in [1.29, 1.82) is 0 Å². The fraction of sp³-hybridized carbons (Fsp3) is 0.526. The minimum absolute atomic E-state index is 0.175. The Morgan fingerprint density at radius 2 is 2.19 bits per heavy atom. The number of phenolic OH excluding ortho intramolecular Hbond substituents is 1. The van der Waals surface area contributed by atoms with Gasteiger partial charge in [0, 0.05) is 11.3 Å². The summed E-state index contributed by atoms with van der Waals surface area (Å²) in [5.41, 5.74) is 4.94. The number of aromatic hydroxyl groups is 1. The van der Waals surface area contributed by atoms with Gasteiger partial charge in [0.25, 0.3) is 0 Å². The molecule has 1 aromatic rings. The van der Waals surface area contributed by atoms with Gasteiger partial charge in [-0.1, -0.05) is 19.4 Å². The summed E-state index contributed by atoms with van der Waals surface area (Å²) in [6, 6.07) is 5.69. The molecule has 1 N–H and O–H groups in total. The Morgan fingerprint density at radius 3 is 2.95 bits per heavy atom. The van der Waals surface area contributed by atoms with Gasteiger partial charge in [0.05, 0.1) is 0 Å². The van der Waals surface area contributed by atoms with Crippen molar-refractivity contribution in [1.82, 2.24) is 0 Å². The molecule has 1 unspecified atom stereocenters. The number of carbonyl (C=O) groups excluding carboxylic acids is 1. The van der Waals surface area contributed by atoms with Crippen LogP contribution in [0.25, 0.3) is 5.57 Å². The van der Waals surface area contributed by atoms with Crippen molar-refractivity contribution in [3.05, 3.63) is 34.9 Å². The molecular formula is C19H22O2. The highest BCUT2D eigenvalue weighted by atomic mass is 16.3. The Kier molecular flexibility index (Phi) is 2.64. The van der Waals surface area contributed by atoms with Crippen molar-refractivity contribution in [3.63, 3.8) is 0 Å². The average Bonchev–Trinajstić information content (AvgIpc) is 2.94. The summed E-state index contributed by atoms with van der Waals surface area (Å²) in [4.78, 5) is 12.6. The van der Waals surface area contributed by atoms with E-state index in [1.807, 2.05) is 19.1 Å². The molecule has 1 saturated carbocycles. The lowest BCUT2D eigenvalue weighted by Gasteiger charge is -2.36. The Balaban J connectivity index is 1.94. The summed E-state index contributed by atoms with van der Waals surface area (Å²) in [5.74, 6) is 1.58. The molecule has 0 saturated heterocycles. The van der Waals surface area contributed by atoms with Crippen LogP contribution in [0.4, 0.5) is 0 Å². The van der Waals surface area contributed by atoms with E-state index in [2.05, 4.69) is 6.92 Å². The van der Waals surface area contributed by atoms with Gasteiger partial charge in [-0.05, 0) is 72.9 Å². The largest absolute Gasteiger partial charge is 0.508 e. The standard InChI is InChI=1S/C19H22O2/c1-3-4-14-7-13-10-19(14)9-12-8-15(20)5-6-16(12)17(19)11(2)18(13)21/h5-6,8,13-14,20H,3-4,7,9-10H2,1-2H3/t13-,14?,19-/m0/s1. The molecule has 2 heteroatoms. The van der Waals surface area contributed by atoms with Crippen molar-refractivity contribution < 1.29 is 9.90 Å². The first-order valence-electron chi connectivity index (χ1n) is 8.14. The molecule has 0 heterocycles. The van der Waals surface area contributed by atoms with Gasteiger partial charge < -0.3 is 5.11 Å². The van der Waals surface area contributed by atoms with Gasteiger partial charge in [0.2, 0.25) is 0 Å². The minimum atomic E-state index is 0.175. The molecular weight excluding hydrogens is 260 g/mol. The second-order valence-electron chi connectivity index (χ2n) is 7.16. The van der Waals surface area contributed by atoms with Gasteiger partial charge in [-0.2, -0.15) is 0 Å². The second kappa shape index (κ2) is 4.22. The summed E-state index contributed by atoms with van der Waals surface area (Å²) >= 11 is 0. The highest BCUT2D eigenvalue weighted by Gasteiger charge is 2.58. The first-order chi connectivity index (χ1) is 10.1. The Morgan fingerprint density at radius 1 is 1.38 bits per heavy atom. The molecule has 0 aromatic heterocycles. The molecule has 1 aromatic carbocycles. The topological polar surface area (TPSA) is 37.3 Å². The van der Waals surface area contributed by atoms with Crippen LogP contribution in [-0.2, 0) is 11.2 Å². The van der Waals surface area contributed by atoms with Crippen molar-refractivity contribution >= 4 is 11.4 Å². The molecule has 21 heavy (non-hydrogen) atoms. The average molecular weight is 282 g/mol. The maximum Gasteiger partial charge on any atom is 0.162 e. The second-order valence-corrected chi connectivity index (χ2v) is 7.16. The Bertz CT molecular complexity index is 670. The van der Waals surface area contributed by atoms with E-state index in [4.69, 9.17) is 0 Å². The third-order valence-corrected chi connectivity index (χ3v) is 6.08. The third-order valence-electron chi connectivity index (χ3n) is 6.08. The Labute approximate surface area is 125 Å². The number of fused-ring (bicyclic) bond motifs is 3. The molecule has 110 valence electrons. The van der Waals surface area contributed by atoms with Crippen molar-refractivity contribution in [2.75, 3.05) is 0 Å². The van der Waals surface area contributed by atoms with Crippen molar-refractivity contribution in [3.8, 4) is 5.75 Å². The quantitative estimate of drug-likeness (QED) is 0.886. The van der Waals surface area contributed by atoms with E-state index in [0.29, 0.717) is 17.5 Å². The highest BCUT2D eigenvalue weighted by Crippen LogP contribution is 2.65. The number of rotatable bonds is 2. The first-order valence-corrected chi connectivity index (χ1v) is 8.14. The molecule has 2 bridgehead atoms. The summed E-state index contributed by atoms with van der Waals surface area (Å²) in [6.45, 7) is 4.26. The molecule has 2 nitrogen and oxygen atoms in total. The Hall–Kier alpha value is -1.57. The van der Waals surface area contributed by atoms with Crippen LogP contribution in [0.3, 0.4) is 0 Å². The van der Waals surface area contributed by atoms with Crippen LogP contribution < -0.4 is 0 Å². The fourth-order valence-electron chi connectivity index (χ4n) is 5.40. The van der Waals surface area contributed by atoms with Crippen LogP contribution >= 0.6 is 0 Å².